The number of nitrogens with one attached hydrogen (secondary N) is 2. The lowest BCUT2D eigenvalue weighted by atomic mass is 9.89. The molecule has 1 aliphatic rings. The molecule has 1 saturated heterocycles. The molecule has 22 heavy (non-hydrogen) atoms. The summed E-state index contributed by atoms with van der Waals surface area (Å²) in [6.07, 6.45) is 1.94. The Morgan fingerprint density at radius 3 is 2.86 bits per heavy atom. The molecule has 1 fully saturated rings. The number of hydrogen-bond acceptors (Lipinski definition) is 4. The monoisotopic (exact) mass is 384 g/mol. The van der Waals surface area contributed by atoms with Gasteiger partial charge in [-0.15, -0.1) is 0 Å². The number of amides is 2. The molecule has 0 spiro atoms. The van der Waals surface area contributed by atoms with E-state index in [-0.39, 0.29) is 6.03 Å². The van der Waals surface area contributed by atoms with E-state index in [1.807, 2.05) is 30.5 Å². The van der Waals surface area contributed by atoms with Crippen molar-refractivity contribution in [3.05, 3.63) is 46.6 Å². The first-order valence-electron chi connectivity index (χ1n) is 6.71. The molecule has 0 radical (unpaired) electrons. The van der Waals surface area contributed by atoms with Crippen LogP contribution in [0.4, 0.5) is 4.79 Å². The van der Waals surface area contributed by atoms with E-state index in [9.17, 15) is 9.59 Å². The van der Waals surface area contributed by atoms with Gasteiger partial charge in [0.1, 0.15) is 12.5 Å². The number of benzene rings is 1. The van der Waals surface area contributed by atoms with Crippen LogP contribution in [0.1, 0.15) is 11.6 Å². The molecule has 1 aliphatic heterocycles. The highest BCUT2D eigenvalue weighted by molar-refractivity contribution is 9.10. The lowest BCUT2D eigenvalue weighted by Crippen LogP contribution is -2.51. The molecule has 1 aromatic carbocycles. The van der Waals surface area contributed by atoms with E-state index < -0.39 is 17.9 Å². The summed E-state index contributed by atoms with van der Waals surface area (Å²) in [4.78, 5) is 24.1. The summed E-state index contributed by atoms with van der Waals surface area (Å²) in [5.41, 5.74) is 1.16. The van der Waals surface area contributed by atoms with E-state index in [1.54, 1.807) is 11.8 Å². The number of urea groups is 1. The molecule has 0 unspecified atom stereocenters. The van der Waals surface area contributed by atoms with Gasteiger partial charge in [-0.25, -0.2) is 4.79 Å². The highest BCUT2D eigenvalue weighted by atomic mass is 79.9. The second-order valence-corrected chi connectivity index (χ2v) is 6.60. The molecular formula is C15H17BrN2O3S. The van der Waals surface area contributed by atoms with Crippen LogP contribution < -0.4 is 10.6 Å². The first-order valence-corrected chi connectivity index (χ1v) is 8.89. The number of hydrogen-bond donors (Lipinski definition) is 2. The number of rotatable bonds is 5. The summed E-state index contributed by atoms with van der Waals surface area (Å²) in [6, 6.07) is 6.56. The van der Waals surface area contributed by atoms with E-state index in [0.717, 1.165) is 15.8 Å². The standard InChI is InChI=1S/C15H17BrN2O3S/c1-9-12(14(19)21-7-8-22-2)13(18-15(20)17-9)10-5-3-4-6-11(10)16/h3-6,12-13H,1,7-8H2,2H3,(H2,17,18,20)/t12-,13+/m1/s1. The third-order valence-electron chi connectivity index (χ3n) is 3.30. The van der Waals surface area contributed by atoms with Crippen molar-refractivity contribution < 1.29 is 14.3 Å². The Morgan fingerprint density at radius 2 is 2.18 bits per heavy atom. The number of ether oxygens (including phenoxy) is 1. The zero-order valence-corrected chi connectivity index (χ0v) is 14.5. The second-order valence-electron chi connectivity index (χ2n) is 4.76. The molecule has 1 heterocycles. The van der Waals surface area contributed by atoms with Gasteiger partial charge in [-0.3, -0.25) is 4.79 Å². The average molecular weight is 385 g/mol. The van der Waals surface area contributed by atoms with Crippen LogP contribution in [0.15, 0.2) is 41.0 Å². The summed E-state index contributed by atoms with van der Waals surface area (Å²) < 4.78 is 6.11. The van der Waals surface area contributed by atoms with Gasteiger partial charge < -0.3 is 15.4 Å². The fourth-order valence-electron chi connectivity index (χ4n) is 2.26. The summed E-state index contributed by atoms with van der Waals surface area (Å²) in [6.45, 7) is 4.14. The van der Waals surface area contributed by atoms with Crippen molar-refractivity contribution in [1.82, 2.24) is 10.6 Å². The van der Waals surface area contributed by atoms with Gasteiger partial charge in [-0.1, -0.05) is 40.7 Å². The largest absolute Gasteiger partial charge is 0.464 e. The van der Waals surface area contributed by atoms with E-state index in [0.29, 0.717) is 12.3 Å². The second kappa shape index (κ2) is 7.69. The SMILES string of the molecule is C=C1NC(=O)N[C@@H](c2ccccc2Br)[C@@H]1C(=O)OCCSC. The van der Waals surface area contributed by atoms with Crippen molar-refractivity contribution >= 4 is 39.7 Å². The molecule has 2 rings (SSSR count). The molecule has 0 bridgehead atoms. The zero-order chi connectivity index (χ0) is 16.1. The molecule has 0 aromatic heterocycles. The van der Waals surface area contributed by atoms with Gasteiger partial charge in [0.15, 0.2) is 0 Å². The predicted octanol–water partition coefficient (Wildman–Crippen LogP) is 2.84. The molecule has 2 atom stereocenters. The Hall–Kier alpha value is -1.47. The Kier molecular flexibility index (Phi) is 5.90. The molecule has 118 valence electrons. The topological polar surface area (TPSA) is 67.4 Å². The highest BCUT2D eigenvalue weighted by Gasteiger charge is 2.39. The molecule has 0 aliphatic carbocycles. The Labute approximate surface area is 142 Å². The van der Waals surface area contributed by atoms with Crippen LogP contribution in [-0.4, -0.2) is 30.6 Å². The van der Waals surface area contributed by atoms with Gasteiger partial charge in [0.05, 0.1) is 6.04 Å². The van der Waals surface area contributed by atoms with Crippen LogP contribution in [0.25, 0.3) is 0 Å². The average Bonchev–Trinajstić information content (AvgIpc) is 2.47. The predicted molar refractivity (Wildman–Crippen MR) is 90.5 cm³/mol. The van der Waals surface area contributed by atoms with Gasteiger partial charge in [-0.05, 0) is 17.9 Å². The third kappa shape index (κ3) is 3.84. The van der Waals surface area contributed by atoms with Gasteiger partial charge >= 0.3 is 12.0 Å². The maximum atomic E-state index is 12.4. The van der Waals surface area contributed by atoms with Gasteiger partial charge in [0, 0.05) is 15.9 Å². The van der Waals surface area contributed by atoms with E-state index >= 15 is 0 Å². The minimum atomic E-state index is -0.668. The first-order chi connectivity index (χ1) is 10.5. The normalized spacial score (nSPS) is 21.0. The van der Waals surface area contributed by atoms with Crippen LogP contribution in [0.3, 0.4) is 0 Å². The lowest BCUT2D eigenvalue weighted by Gasteiger charge is -2.33. The fourth-order valence-corrected chi connectivity index (χ4v) is 3.05. The van der Waals surface area contributed by atoms with Crippen LogP contribution in [0.2, 0.25) is 0 Å². The maximum Gasteiger partial charge on any atom is 0.319 e. The minimum absolute atomic E-state index is 0.334. The van der Waals surface area contributed by atoms with Crippen molar-refractivity contribution in [2.45, 2.75) is 6.04 Å². The summed E-state index contributed by atoms with van der Waals surface area (Å²) >= 11 is 5.05. The van der Waals surface area contributed by atoms with Crippen molar-refractivity contribution in [3.8, 4) is 0 Å². The van der Waals surface area contributed by atoms with Gasteiger partial charge in [0.2, 0.25) is 0 Å². The van der Waals surface area contributed by atoms with Gasteiger partial charge in [-0.2, -0.15) is 11.8 Å². The smallest absolute Gasteiger partial charge is 0.319 e. The van der Waals surface area contributed by atoms with Crippen molar-refractivity contribution in [1.29, 1.82) is 0 Å². The molecule has 7 heteroatoms. The minimum Gasteiger partial charge on any atom is -0.464 e. The molecule has 0 saturated carbocycles. The quantitative estimate of drug-likeness (QED) is 0.604. The van der Waals surface area contributed by atoms with Crippen molar-refractivity contribution in [2.75, 3.05) is 18.6 Å². The van der Waals surface area contributed by atoms with E-state index in [4.69, 9.17) is 4.74 Å². The Balaban J connectivity index is 2.26. The molecule has 2 N–H and O–H groups in total. The Bertz CT molecular complexity index is 594. The van der Waals surface area contributed by atoms with Crippen LogP contribution in [0.5, 0.6) is 0 Å². The van der Waals surface area contributed by atoms with Gasteiger partial charge in [0.25, 0.3) is 0 Å². The summed E-state index contributed by atoms with van der Waals surface area (Å²) in [7, 11) is 0. The number of thioether (sulfide) groups is 1. The third-order valence-corrected chi connectivity index (χ3v) is 4.59. The first kappa shape index (κ1) is 16.9. The van der Waals surface area contributed by atoms with E-state index in [2.05, 4.69) is 33.1 Å². The van der Waals surface area contributed by atoms with Crippen molar-refractivity contribution in [2.24, 2.45) is 5.92 Å². The molecule has 5 nitrogen and oxygen atoms in total. The molecular weight excluding hydrogens is 368 g/mol. The van der Waals surface area contributed by atoms with Crippen LogP contribution >= 0.6 is 27.7 Å². The molecule has 1 aromatic rings. The van der Waals surface area contributed by atoms with Crippen LogP contribution in [0, 0.1) is 5.92 Å². The van der Waals surface area contributed by atoms with Crippen LogP contribution in [-0.2, 0) is 9.53 Å². The molecule has 2 amide bonds. The number of carbonyl (C=O) groups excluding carboxylic acids is 2. The highest BCUT2D eigenvalue weighted by Crippen LogP contribution is 2.34. The van der Waals surface area contributed by atoms with Crippen molar-refractivity contribution in [3.63, 3.8) is 0 Å². The zero-order valence-electron chi connectivity index (χ0n) is 12.1. The maximum absolute atomic E-state index is 12.4. The number of carbonyl (C=O) groups is 2. The summed E-state index contributed by atoms with van der Waals surface area (Å²) in [5.74, 6) is -0.338. The fraction of sp³-hybridized carbons (Fsp3) is 0.333. The lowest BCUT2D eigenvalue weighted by molar-refractivity contribution is -0.147. The van der Waals surface area contributed by atoms with E-state index in [1.165, 1.54) is 0 Å². The number of halogens is 1. The number of esters is 1. The Morgan fingerprint density at radius 1 is 1.45 bits per heavy atom. The summed E-state index contributed by atoms with van der Waals surface area (Å²) in [5, 5.41) is 5.33.